The van der Waals surface area contributed by atoms with E-state index >= 15 is 0 Å². The lowest BCUT2D eigenvalue weighted by Crippen LogP contribution is -2.61. The highest BCUT2D eigenvalue weighted by Crippen LogP contribution is 2.14. The number of hydroxylamine groups is 1. The number of nitrogens with two attached hydrogens (primary N) is 1. The summed E-state index contributed by atoms with van der Waals surface area (Å²) in [5.41, 5.74) is 8.05. The Morgan fingerprint density at radius 3 is 2.32 bits per heavy atom. The summed E-state index contributed by atoms with van der Waals surface area (Å²) in [5.74, 6) is -1.15. The molecule has 1 aromatic carbocycles. The SMILES string of the molecule is CC(C)(N)[C@H](NC(=O)c1ccc(CN2CCCCC2)cc1)C(=O)NO. The maximum absolute atomic E-state index is 12.4. The van der Waals surface area contributed by atoms with Gasteiger partial charge in [0, 0.05) is 17.6 Å². The van der Waals surface area contributed by atoms with Crippen LogP contribution in [-0.2, 0) is 11.3 Å². The van der Waals surface area contributed by atoms with E-state index in [9.17, 15) is 9.59 Å². The zero-order valence-corrected chi connectivity index (χ0v) is 14.9. The van der Waals surface area contributed by atoms with E-state index in [2.05, 4.69) is 10.2 Å². The number of amides is 2. The third-order valence-corrected chi connectivity index (χ3v) is 4.46. The first kappa shape index (κ1) is 19.4. The number of likely N-dealkylation sites (tertiary alicyclic amines) is 1. The normalized spacial score (nSPS) is 17.0. The molecular formula is C18H28N4O3. The Balaban J connectivity index is 2.00. The molecule has 1 atom stereocenters. The number of hydrogen-bond donors (Lipinski definition) is 4. The van der Waals surface area contributed by atoms with E-state index in [-0.39, 0.29) is 0 Å². The zero-order chi connectivity index (χ0) is 18.4. The van der Waals surface area contributed by atoms with Gasteiger partial charge in [-0.1, -0.05) is 18.6 Å². The fourth-order valence-corrected chi connectivity index (χ4v) is 3.01. The summed E-state index contributed by atoms with van der Waals surface area (Å²) in [6.07, 6.45) is 3.78. The molecule has 1 aliphatic heterocycles. The minimum atomic E-state index is -1.04. The Labute approximate surface area is 148 Å². The van der Waals surface area contributed by atoms with Crippen LogP contribution in [0.25, 0.3) is 0 Å². The molecular weight excluding hydrogens is 320 g/mol. The summed E-state index contributed by atoms with van der Waals surface area (Å²) in [5, 5.41) is 11.4. The van der Waals surface area contributed by atoms with Crippen LogP contribution in [0.2, 0.25) is 0 Å². The standard InChI is InChI=1S/C18H28N4O3/c1-18(2,19)15(17(24)21-25)20-16(23)14-8-6-13(7-9-14)12-22-10-4-3-5-11-22/h6-9,15,25H,3-5,10-12,19H2,1-2H3,(H,20,23)(H,21,24)/t15-/m1/s1. The molecule has 2 rings (SSSR count). The smallest absolute Gasteiger partial charge is 0.267 e. The molecule has 1 aliphatic rings. The number of nitrogens with zero attached hydrogens (tertiary/aromatic N) is 1. The molecule has 7 nitrogen and oxygen atoms in total. The summed E-state index contributed by atoms with van der Waals surface area (Å²) in [6.45, 7) is 6.33. The predicted molar refractivity (Wildman–Crippen MR) is 95.0 cm³/mol. The molecule has 138 valence electrons. The average molecular weight is 348 g/mol. The van der Waals surface area contributed by atoms with Crippen molar-refractivity contribution in [3.63, 3.8) is 0 Å². The summed E-state index contributed by atoms with van der Waals surface area (Å²) in [7, 11) is 0. The molecule has 25 heavy (non-hydrogen) atoms. The van der Waals surface area contributed by atoms with Gasteiger partial charge in [0.05, 0.1) is 0 Å². The van der Waals surface area contributed by atoms with Gasteiger partial charge in [0.2, 0.25) is 0 Å². The quantitative estimate of drug-likeness (QED) is 0.453. The summed E-state index contributed by atoms with van der Waals surface area (Å²) >= 11 is 0. The Hall–Kier alpha value is -1.96. The number of rotatable bonds is 6. The molecule has 1 heterocycles. The van der Waals surface area contributed by atoms with Gasteiger partial charge in [-0.3, -0.25) is 19.7 Å². The number of nitrogens with one attached hydrogen (secondary N) is 2. The lowest BCUT2D eigenvalue weighted by Gasteiger charge is -2.29. The van der Waals surface area contributed by atoms with E-state index in [4.69, 9.17) is 10.9 Å². The predicted octanol–water partition coefficient (Wildman–Crippen LogP) is 1.01. The maximum atomic E-state index is 12.4. The van der Waals surface area contributed by atoms with Crippen molar-refractivity contribution in [2.75, 3.05) is 13.1 Å². The van der Waals surface area contributed by atoms with Crippen molar-refractivity contribution in [2.24, 2.45) is 5.73 Å². The molecule has 0 unspecified atom stereocenters. The number of hydrogen-bond acceptors (Lipinski definition) is 5. The second kappa shape index (κ2) is 8.42. The van der Waals surface area contributed by atoms with Crippen LogP contribution < -0.4 is 16.5 Å². The molecule has 0 radical (unpaired) electrons. The molecule has 0 bridgehead atoms. The highest BCUT2D eigenvalue weighted by atomic mass is 16.5. The highest BCUT2D eigenvalue weighted by molar-refractivity contribution is 5.97. The van der Waals surface area contributed by atoms with Crippen molar-refractivity contribution in [1.29, 1.82) is 0 Å². The highest BCUT2D eigenvalue weighted by Gasteiger charge is 2.33. The van der Waals surface area contributed by atoms with E-state index in [0.717, 1.165) is 25.2 Å². The Bertz CT molecular complexity index is 589. The van der Waals surface area contributed by atoms with E-state index < -0.39 is 23.4 Å². The number of carbonyl (C=O) groups is 2. The monoisotopic (exact) mass is 348 g/mol. The van der Waals surface area contributed by atoms with Gasteiger partial charge >= 0.3 is 0 Å². The van der Waals surface area contributed by atoms with Gasteiger partial charge in [0.15, 0.2) is 0 Å². The zero-order valence-electron chi connectivity index (χ0n) is 14.9. The molecule has 2 amide bonds. The molecule has 7 heteroatoms. The maximum Gasteiger partial charge on any atom is 0.267 e. The van der Waals surface area contributed by atoms with Crippen LogP contribution in [0.1, 0.15) is 49.0 Å². The van der Waals surface area contributed by atoms with Crippen molar-refractivity contribution < 1.29 is 14.8 Å². The lowest BCUT2D eigenvalue weighted by atomic mass is 9.95. The number of carbonyl (C=O) groups excluding carboxylic acids is 2. The molecule has 1 fully saturated rings. The van der Waals surface area contributed by atoms with E-state index in [1.54, 1.807) is 31.5 Å². The van der Waals surface area contributed by atoms with Crippen molar-refractivity contribution in [3.8, 4) is 0 Å². The van der Waals surface area contributed by atoms with Crippen molar-refractivity contribution >= 4 is 11.8 Å². The van der Waals surface area contributed by atoms with Crippen LogP contribution in [0.3, 0.4) is 0 Å². The summed E-state index contributed by atoms with van der Waals surface area (Å²) in [6, 6.07) is 6.30. The fourth-order valence-electron chi connectivity index (χ4n) is 3.01. The van der Waals surface area contributed by atoms with Crippen molar-refractivity contribution in [2.45, 2.75) is 51.2 Å². The lowest BCUT2D eigenvalue weighted by molar-refractivity contribution is -0.132. The second-order valence-corrected chi connectivity index (χ2v) is 7.24. The molecule has 0 aromatic heterocycles. The first-order valence-electron chi connectivity index (χ1n) is 8.66. The third kappa shape index (κ3) is 5.52. The van der Waals surface area contributed by atoms with Crippen molar-refractivity contribution in [3.05, 3.63) is 35.4 Å². The molecule has 0 aliphatic carbocycles. The van der Waals surface area contributed by atoms with Gasteiger partial charge in [0.1, 0.15) is 6.04 Å². The van der Waals surface area contributed by atoms with Gasteiger partial charge in [-0.05, 0) is 57.5 Å². The van der Waals surface area contributed by atoms with E-state index in [1.165, 1.54) is 19.3 Å². The van der Waals surface area contributed by atoms with E-state index in [0.29, 0.717) is 5.56 Å². The number of benzene rings is 1. The second-order valence-electron chi connectivity index (χ2n) is 7.24. The van der Waals surface area contributed by atoms with Crippen LogP contribution >= 0.6 is 0 Å². The van der Waals surface area contributed by atoms with Gasteiger partial charge in [-0.2, -0.15) is 0 Å². The van der Waals surface area contributed by atoms with Crippen LogP contribution in [0.5, 0.6) is 0 Å². The Morgan fingerprint density at radius 2 is 1.80 bits per heavy atom. The summed E-state index contributed by atoms with van der Waals surface area (Å²) < 4.78 is 0. The largest absolute Gasteiger partial charge is 0.338 e. The topological polar surface area (TPSA) is 108 Å². The Kier molecular flexibility index (Phi) is 6.52. The average Bonchev–Trinajstić information content (AvgIpc) is 2.59. The minimum absolute atomic E-state index is 0.406. The third-order valence-electron chi connectivity index (χ3n) is 4.46. The molecule has 1 aromatic rings. The molecule has 0 spiro atoms. The van der Waals surface area contributed by atoms with Crippen LogP contribution in [0, 0.1) is 0 Å². The van der Waals surface area contributed by atoms with E-state index in [1.807, 2.05) is 12.1 Å². The van der Waals surface area contributed by atoms with Crippen LogP contribution in [-0.4, -0.2) is 46.6 Å². The summed E-state index contributed by atoms with van der Waals surface area (Å²) in [4.78, 5) is 26.5. The fraction of sp³-hybridized carbons (Fsp3) is 0.556. The molecule has 5 N–H and O–H groups in total. The van der Waals surface area contributed by atoms with Gasteiger partial charge < -0.3 is 11.1 Å². The first-order chi connectivity index (χ1) is 11.8. The Morgan fingerprint density at radius 1 is 1.20 bits per heavy atom. The minimum Gasteiger partial charge on any atom is -0.338 e. The van der Waals surface area contributed by atoms with Crippen LogP contribution in [0.4, 0.5) is 0 Å². The number of piperidine rings is 1. The molecule has 1 saturated heterocycles. The van der Waals surface area contributed by atoms with Crippen molar-refractivity contribution in [1.82, 2.24) is 15.7 Å². The first-order valence-corrected chi connectivity index (χ1v) is 8.66. The van der Waals surface area contributed by atoms with Crippen LogP contribution in [0.15, 0.2) is 24.3 Å². The molecule has 0 saturated carbocycles. The van der Waals surface area contributed by atoms with Gasteiger partial charge in [0.25, 0.3) is 11.8 Å². The van der Waals surface area contributed by atoms with Gasteiger partial charge in [-0.15, -0.1) is 0 Å². The van der Waals surface area contributed by atoms with Gasteiger partial charge in [-0.25, -0.2) is 5.48 Å².